The fourth-order valence-electron chi connectivity index (χ4n) is 1.45. The first kappa shape index (κ1) is 15.3. The largest absolute Gasteiger partial charge is 0.394 e. The lowest BCUT2D eigenvalue weighted by molar-refractivity contribution is 0.182. The molecule has 92 valence electrons. The summed E-state index contributed by atoms with van der Waals surface area (Å²) in [5.74, 6) is 2.46. The highest BCUT2D eigenvalue weighted by atomic mass is 32.2. The third-order valence-corrected chi connectivity index (χ3v) is 4.03. The minimum atomic E-state index is -0.329. The third-order valence-electron chi connectivity index (χ3n) is 2.87. The van der Waals surface area contributed by atoms with E-state index in [4.69, 9.17) is 10.8 Å². The molecule has 0 amide bonds. The maximum absolute atomic E-state index is 9.13. The lowest BCUT2D eigenvalue weighted by Gasteiger charge is -2.25. The van der Waals surface area contributed by atoms with E-state index in [2.05, 4.69) is 6.92 Å². The van der Waals surface area contributed by atoms with E-state index < -0.39 is 0 Å². The van der Waals surface area contributed by atoms with Crippen LogP contribution < -0.4 is 5.73 Å². The zero-order chi connectivity index (χ0) is 11.6. The van der Waals surface area contributed by atoms with Crippen LogP contribution in [0.15, 0.2) is 0 Å². The van der Waals surface area contributed by atoms with Gasteiger partial charge in [-0.2, -0.15) is 11.8 Å². The second kappa shape index (κ2) is 9.49. The number of unbranched alkanes of at least 4 members (excludes halogenated alkanes) is 2. The van der Waals surface area contributed by atoms with Crippen molar-refractivity contribution in [2.24, 2.45) is 5.73 Å². The van der Waals surface area contributed by atoms with Gasteiger partial charge in [0.15, 0.2) is 0 Å². The minimum Gasteiger partial charge on any atom is -0.394 e. The summed E-state index contributed by atoms with van der Waals surface area (Å²) in [5.41, 5.74) is 5.67. The van der Waals surface area contributed by atoms with Gasteiger partial charge in [0, 0.05) is 5.54 Å². The monoisotopic (exact) mass is 233 g/mol. The Kier molecular flexibility index (Phi) is 9.66. The van der Waals surface area contributed by atoms with E-state index in [1.807, 2.05) is 18.7 Å². The van der Waals surface area contributed by atoms with Crippen LogP contribution in [-0.2, 0) is 0 Å². The summed E-state index contributed by atoms with van der Waals surface area (Å²) in [6.45, 7) is 4.39. The van der Waals surface area contributed by atoms with Crippen molar-refractivity contribution in [2.75, 3.05) is 18.1 Å². The Morgan fingerprint density at radius 1 is 1.13 bits per heavy atom. The van der Waals surface area contributed by atoms with Crippen molar-refractivity contribution in [3.63, 3.8) is 0 Å². The molecular weight excluding hydrogens is 206 g/mol. The van der Waals surface area contributed by atoms with Gasteiger partial charge in [-0.05, 0) is 37.2 Å². The lowest BCUT2D eigenvalue weighted by Crippen LogP contribution is -2.42. The highest BCUT2D eigenvalue weighted by molar-refractivity contribution is 7.99. The van der Waals surface area contributed by atoms with E-state index in [0.717, 1.165) is 19.3 Å². The number of hydrogen-bond donors (Lipinski definition) is 2. The van der Waals surface area contributed by atoms with E-state index in [9.17, 15) is 0 Å². The fraction of sp³-hybridized carbons (Fsp3) is 1.00. The highest BCUT2D eigenvalue weighted by Crippen LogP contribution is 2.16. The standard InChI is InChI=1S/C12H27NOS/c1-3-5-6-9-15-10-7-8-12(13,4-2)11-14/h14H,3-11,13H2,1-2H3. The maximum atomic E-state index is 9.13. The van der Waals surface area contributed by atoms with Crippen molar-refractivity contribution in [3.8, 4) is 0 Å². The van der Waals surface area contributed by atoms with Gasteiger partial charge in [0.1, 0.15) is 0 Å². The molecule has 1 atom stereocenters. The van der Waals surface area contributed by atoms with Crippen molar-refractivity contribution >= 4 is 11.8 Å². The molecule has 0 fully saturated rings. The zero-order valence-corrected chi connectivity index (χ0v) is 11.1. The first-order chi connectivity index (χ1) is 7.18. The molecule has 0 saturated carbocycles. The Balaban J connectivity index is 3.29. The molecule has 3 heteroatoms. The number of thioether (sulfide) groups is 1. The van der Waals surface area contributed by atoms with Crippen LogP contribution in [0, 0.1) is 0 Å². The summed E-state index contributed by atoms with van der Waals surface area (Å²) in [7, 11) is 0. The molecule has 0 radical (unpaired) electrons. The van der Waals surface area contributed by atoms with Gasteiger partial charge in [-0.1, -0.05) is 26.7 Å². The van der Waals surface area contributed by atoms with Crippen LogP contribution in [0.3, 0.4) is 0 Å². The molecule has 0 heterocycles. The summed E-state index contributed by atoms with van der Waals surface area (Å²) in [5, 5.41) is 9.13. The Bertz CT molecular complexity index is 138. The number of aliphatic hydroxyl groups is 1. The van der Waals surface area contributed by atoms with Crippen LogP contribution in [0.4, 0.5) is 0 Å². The van der Waals surface area contributed by atoms with Gasteiger partial charge in [0.25, 0.3) is 0 Å². The Morgan fingerprint density at radius 3 is 2.33 bits per heavy atom. The average molecular weight is 233 g/mol. The maximum Gasteiger partial charge on any atom is 0.0611 e. The quantitative estimate of drug-likeness (QED) is 0.570. The van der Waals surface area contributed by atoms with Crippen LogP contribution in [0.2, 0.25) is 0 Å². The first-order valence-corrected chi connectivity index (χ1v) is 7.31. The summed E-state index contributed by atoms with van der Waals surface area (Å²) in [6, 6.07) is 0. The van der Waals surface area contributed by atoms with Gasteiger partial charge in [-0.15, -0.1) is 0 Å². The number of nitrogens with two attached hydrogens (primary N) is 1. The molecule has 0 aliphatic rings. The van der Waals surface area contributed by atoms with Gasteiger partial charge in [0.05, 0.1) is 6.61 Å². The summed E-state index contributed by atoms with van der Waals surface area (Å²) >= 11 is 2.02. The summed E-state index contributed by atoms with van der Waals surface area (Å²) in [6.07, 6.45) is 6.92. The third kappa shape index (κ3) is 8.12. The van der Waals surface area contributed by atoms with Crippen molar-refractivity contribution in [3.05, 3.63) is 0 Å². The van der Waals surface area contributed by atoms with Gasteiger partial charge >= 0.3 is 0 Å². The normalized spacial score (nSPS) is 15.2. The van der Waals surface area contributed by atoms with Crippen LogP contribution in [0.5, 0.6) is 0 Å². The Morgan fingerprint density at radius 2 is 1.80 bits per heavy atom. The van der Waals surface area contributed by atoms with Gasteiger partial charge in [-0.3, -0.25) is 0 Å². The number of hydrogen-bond acceptors (Lipinski definition) is 3. The van der Waals surface area contributed by atoms with Crippen LogP contribution in [0.25, 0.3) is 0 Å². The zero-order valence-electron chi connectivity index (χ0n) is 10.3. The van der Waals surface area contributed by atoms with E-state index >= 15 is 0 Å². The molecule has 0 aromatic carbocycles. The highest BCUT2D eigenvalue weighted by Gasteiger charge is 2.20. The molecule has 0 aromatic heterocycles. The first-order valence-electron chi connectivity index (χ1n) is 6.16. The van der Waals surface area contributed by atoms with E-state index in [1.54, 1.807) is 0 Å². The second-order valence-electron chi connectivity index (χ2n) is 4.30. The molecule has 0 spiro atoms. The Hall–Kier alpha value is 0.270. The molecule has 0 aliphatic heterocycles. The van der Waals surface area contributed by atoms with Crippen LogP contribution in [-0.4, -0.2) is 28.8 Å². The molecule has 0 saturated heterocycles. The molecule has 1 unspecified atom stereocenters. The van der Waals surface area contributed by atoms with Gasteiger partial charge in [0.2, 0.25) is 0 Å². The molecule has 0 aromatic rings. The van der Waals surface area contributed by atoms with E-state index in [1.165, 1.54) is 30.8 Å². The molecule has 0 aliphatic carbocycles. The lowest BCUT2D eigenvalue weighted by atomic mass is 9.93. The molecule has 2 nitrogen and oxygen atoms in total. The number of rotatable bonds is 10. The van der Waals surface area contributed by atoms with Crippen molar-refractivity contribution in [1.29, 1.82) is 0 Å². The van der Waals surface area contributed by atoms with E-state index in [-0.39, 0.29) is 12.1 Å². The molecule has 0 rings (SSSR count). The average Bonchev–Trinajstić information content (AvgIpc) is 2.27. The minimum absolute atomic E-state index is 0.115. The SMILES string of the molecule is CCCCCSCCCC(N)(CC)CO. The van der Waals surface area contributed by atoms with Crippen molar-refractivity contribution < 1.29 is 5.11 Å². The van der Waals surface area contributed by atoms with E-state index in [0.29, 0.717) is 0 Å². The fourth-order valence-corrected chi connectivity index (χ4v) is 2.41. The molecular formula is C12H27NOS. The number of aliphatic hydroxyl groups excluding tert-OH is 1. The van der Waals surface area contributed by atoms with Crippen molar-refractivity contribution in [1.82, 2.24) is 0 Å². The van der Waals surface area contributed by atoms with Gasteiger partial charge < -0.3 is 10.8 Å². The predicted octanol–water partition coefficient (Wildman–Crippen LogP) is 2.79. The summed E-state index contributed by atoms with van der Waals surface area (Å²) < 4.78 is 0. The Labute approximate surface area is 99.0 Å². The van der Waals surface area contributed by atoms with Crippen LogP contribution in [0.1, 0.15) is 52.4 Å². The molecule has 0 bridgehead atoms. The van der Waals surface area contributed by atoms with Crippen LogP contribution >= 0.6 is 11.8 Å². The smallest absolute Gasteiger partial charge is 0.0611 e. The second-order valence-corrected chi connectivity index (χ2v) is 5.52. The summed E-state index contributed by atoms with van der Waals surface area (Å²) in [4.78, 5) is 0. The van der Waals surface area contributed by atoms with Gasteiger partial charge in [-0.25, -0.2) is 0 Å². The molecule has 15 heavy (non-hydrogen) atoms. The molecule has 3 N–H and O–H groups in total. The predicted molar refractivity (Wildman–Crippen MR) is 70.4 cm³/mol. The van der Waals surface area contributed by atoms with Crippen molar-refractivity contribution in [2.45, 2.75) is 57.9 Å². The topological polar surface area (TPSA) is 46.2 Å².